The molecule has 0 bridgehead atoms. The second-order valence-corrected chi connectivity index (χ2v) is 6.47. The van der Waals surface area contributed by atoms with E-state index in [9.17, 15) is 0 Å². The molecule has 2 aliphatic rings. The Morgan fingerprint density at radius 3 is 2.60 bits per heavy atom. The van der Waals surface area contributed by atoms with Crippen molar-refractivity contribution >= 4 is 0 Å². The van der Waals surface area contributed by atoms with Crippen LogP contribution in [0.3, 0.4) is 0 Å². The van der Waals surface area contributed by atoms with Gasteiger partial charge in [0.05, 0.1) is 6.10 Å². The highest BCUT2D eigenvalue weighted by molar-refractivity contribution is 4.78. The molecule has 0 spiro atoms. The van der Waals surface area contributed by atoms with Crippen molar-refractivity contribution in [2.75, 3.05) is 46.4 Å². The molecule has 0 saturated carbocycles. The predicted octanol–water partition coefficient (Wildman–Crippen LogP) is 1.69. The minimum Gasteiger partial charge on any atom is -0.378 e. The van der Waals surface area contributed by atoms with Gasteiger partial charge in [-0.2, -0.15) is 0 Å². The molecule has 0 aromatic rings. The minimum absolute atomic E-state index is 0.482. The number of rotatable bonds is 7. The Balaban J connectivity index is 1.57. The molecule has 4 nitrogen and oxygen atoms in total. The molecule has 1 unspecified atom stereocenters. The van der Waals surface area contributed by atoms with Gasteiger partial charge in [-0.3, -0.25) is 0 Å². The Bertz CT molecular complexity index is 254. The zero-order valence-electron chi connectivity index (χ0n) is 13.2. The summed E-state index contributed by atoms with van der Waals surface area (Å²) < 4.78 is 5.87. The standard InChI is InChI=1S/C16H33N3O/c1-18-10-3-2-5-15(18)6-11-19-12-7-16(8-13-19)20-14-4-9-17/h15-16H,2-14,17H2,1H3. The van der Waals surface area contributed by atoms with Gasteiger partial charge in [-0.1, -0.05) is 6.42 Å². The molecule has 0 radical (unpaired) electrons. The molecule has 2 heterocycles. The van der Waals surface area contributed by atoms with Crippen LogP contribution in [-0.4, -0.2) is 68.3 Å². The van der Waals surface area contributed by atoms with Gasteiger partial charge in [0.15, 0.2) is 0 Å². The van der Waals surface area contributed by atoms with E-state index in [2.05, 4.69) is 16.8 Å². The molecule has 2 aliphatic heterocycles. The summed E-state index contributed by atoms with van der Waals surface area (Å²) in [6.07, 6.45) is 9.43. The molecule has 0 aromatic carbocycles. The number of hydrogen-bond donors (Lipinski definition) is 1. The Kier molecular flexibility index (Phi) is 7.28. The molecule has 2 fully saturated rings. The van der Waals surface area contributed by atoms with E-state index in [1.54, 1.807) is 0 Å². The van der Waals surface area contributed by atoms with Crippen molar-refractivity contribution in [3.05, 3.63) is 0 Å². The van der Waals surface area contributed by atoms with Crippen molar-refractivity contribution in [1.29, 1.82) is 0 Å². The van der Waals surface area contributed by atoms with Crippen LogP contribution in [0.25, 0.3) is 0 Å². The number of piperidine rings is 2. The lowest BCUT2D eigenvalue weighted by molar-refractivity contribution is 0.00537. The van der Waals surface area contributed by atoms with Crippen LogP contribution < -0.4 is 5.73 Å². The van der Waals surface area contributed by atoms with E-state index < -0.39 is 0 Å². The van der Waals surface area contributed by atoms with Gasteiger partial charge in [0.2, 0.25) is 0 Å². The summed E-state index contributed by atoms with van der Waals surface area (Å²) in [7, 11) is 2.29. The third-order valence-corrected chi connectivity index (χ3v) is 4.94. The molecule has 1 atom stereocenters. The van der Waals surface area contributed by atoms with Crippen molar-refractivity contribution in [1.82, 2.24) is 9.80 Å². The van der Waals surface area contributed by atoms with Gasteiger partial charge in [0.25, 0.3) is 0 Å². The Morgan fingerprint density at radius 1 is 1.10 bits per heavy atom. The first-order valence-corrected chi connectivity index (χ1v) is 8.54. The average molecular weight is 283 g/mol. The van der Waals surface area contributed by atoms with E-state index in [-0.39, 0.29) is 0 Å². The highest BCUT2D eigenvalue weighted by atomic mass is 16.5. The maximum Gasteiger partial charge on any atom is 0.0599 e. The van der Waals surface area contributed by atoms with Crippen LogP contribution in [0.1, 0.15) is 44.9 Å². The zero-order chi connectivity index (χ0) is 14.2. The van der Waals surface area contributed by atoms with Crippen molar-refractivity contribution < 1.29 is 4.74 Å². The molecular weight excluding hydrogens is 250 g/mol. The fraction of sp³-hybridized carbons (Fsp3) is 1.00. The molecule has 4 heteroatoms. The molecule has 0 amide bonds. The van der Waals surface area contributed by atoms with Crippen LogP contribution in [0.2, 0.25) is 0 Å². The van der Waals surface area contributed by atoms with Crippen LogP contribution in [0.5, 0.6) is 0 Å². The van der Waals surface area contributed by atoms with Gasteiger partial charge in [-0.25, -0.2) is 0 Å². The summed E-state index contributed by atoms with van der Waals surface area (Å²) in [4.78, 5) is 5.19. The van der Waals surface area contributed by atoms with Gasteiger partial charge in [0, 0.05) is 25.7 Å². The number of likely N-dealkylation sites (tertiary alicyclic amines) is 2. The van der Waals surface area contributed by atoms with E-state index >= 15 is 0 Å². The van der Waals surface area contributed by atoms with Gasteiger partial charge < -0.3 is 20.3 Å². The van der Waals surface area contributed by atoms with Crippen molar-refractivity contribution in [2.45, 2.75) is 57.1 Å². The summed E-state index contributed by atoms with van der Waals surface area (Å²) in [5.41, 5.74) is 5.50. The maximum absolute atomic E-state index is 5.87. The van der Waals surface area contributed by atoms with Crippen LogP contribution in [0.4, 0.5) is 0 Å². The smallest absolute Gasteiger partial charge is 0.0599 e. The van der Waals surface area contributed by atoms with Gasteiger partial charge in [0.1, 0.15) is 0 Å². The summed E-state index contributed by atoms with van der Waals surface area (Å²) in [6.45, 7) is 6.57. The molecule has 2 rings (SSSR count). The third kappa shape index (κ3) is 5.32. The third-order valence-electron chi connectivity index (χ3n) is 4.94. The fourth-order valence-electron chi connectivity index (χ4n) is 3.47. The van der Waals surface area contributed by atoms with Gasteiger partial charge in [-0.05, 0) is 65.2 Å². The van der Waals surface area contributed by atoms with Crippen LogP contribution >= 0.6 is 0 Å². The Labute approximate surface area is 124 Å². The van der Waals surface area contributed by atoms with Crippen LogP contribution in [0.15, 0.2) is 0 Å². The van der Waals surface area contributed by atoms with E-state index in [0.717, 1.165) is 25.6 Å². The van der Waals surface area contributed by atoms with Crippen molar-refractivity contribution in [3.63, 3.8) is 0 Å². The Morgan fingerprint density at radius 2 is 1.90 bits per heavy atom. The lowest BCUT2D eigenvalue weighted by Crippen LogP contribution is -2.42. The highest BCUT2D eigenvalue weighted by Gasteiger charge is 2.22. The minimum atomic E-state index is 0.482. The van der Waals surface area contributed by atoms with Gasteiger partial charge in [-0.15, -0.1) is 0 Å². The SMILES string of the molecule is CN1CCCCC1CCN1CCC(OCCCN)CC1. The van der Waals surface area contributed by atoms with E-state index in [4.69, 9.17) is 10.5 Å². The predicted molar refractivity (Wildman–Crippen MR) is 84.0 cm³/mol. The van der Waals surface area contributed by atoms with E-state index in [1.165, 1.54) is 64.7 Å². The Hall–Kier alpha value is -0.160. The van der Waals surface area contributed by atoms with Crippen LogP contribution in [0, 0.1) is 0 Å². The number of nitrogens with zero attached hydrogens (tertiary/aromatic N) is 2. The molecule has 0 aliphatic carbocycles. The first-order valence-electron chi connectivity index (χ1n) is 8.54. The van der Waals surface area contributed by atoms with Crippen molar-refractivity contribution in [3.8, 4) is 0 Å². The summed E-state index contributed by atoms with van der Waals surface area (Å²) >= 11 is 0. The quantitative estimate of drug-likeness (QED) is 0.722. The second kappa shape index (κ2) is 8.98. The molecule has 118 valence electrons. The lowest BCUT2D eigenvalue weighted by atomic mass is 9.99. The average Bonchev–Trinajstić information content (AvgIpc) is 2.48. The summed E-state index contributed by atoms with van der Waals surface area (Å²) in [5.74, 6) is 0. The van der Waals surface area contributed by atoms with Crippen molar-refractivity contribution in [2.24, 2.45) is 5.73 Å². The second-order valence-electron chi connectivity index (χ2n) is 6.47. The van der Waals surface area contributed by atoms with Gasteiger partial charge >= 0.3 is 0 Å². The number of nitrogens with two attached hydrogens (primary N) is 1. The molecule has 20 heavy (non-hydrogen) atoms. The molecule has 2 saturated heterocycles. The number of hydrogen-bond acceptors (Lipinski definition) is 4. The van der Waals surface area contributed by atoms with E-state index in [0.29, 0.717) is 6.10 Å². The fourth-order valence-corrected chi connectivity index (χ4v) is 3.47. The molecule has 2 N–H and O–H groups in total. The summed E-state index contributed by atoms with van der Waals surface area (Å²) in [5, 5.41) is 0. The van der Waals surface area contributed by atoms with E-state index in [1.807, 2.05) is 0 Å². The normalized spacial score (nSPS) is 27.0. The first kappa shape index (κ1) is 16.2. The first-order chi connectivity index (χ1) is 9.79. The zero-order valence-corrected chi connectivity index (χ0v) is 13.2. The highest BCUT2D eigenvalue weighted by Crippen LogP contribution is 2.20. The number of ether oxygens (including phenoxy) is 1. The molecule has 0 aromatic heterocycles. The van der Waals surface area contributed by atoms with Crippen LogP contribution in [-0.2, 0) is 4.74 Å². The largest absolute Gasteiger partial charge is 0.378 e. The monoisotopic (exact) mass is 283 g/mol. The topological polar surface area (TPSA) is 41.7 Å². The lowest BCUT2D eigenvalue weighted by Gasteiger charge is -2.36. The molecular formula is C16H33N3O. The maximum atomic E-state index is 5.87. The summed E-state index contributed by atoms with van der Waals surface area (Å²) in [6, 6.07) is 0.822.